The van der Waals surface area contributed by atoms with Gasteiger partial charge in [-0.2, -0.15) is 22.0 Å². The Balaban J connectivity index is 1.89. The van der Waals surface area contributed by atoms with Crippen LogP contribution in [0, 0.1) is 6.07 Å². The Morgan fingerprint density at radius 3 is 2.10 bits per heavy atom. The molecule has 0 unspecified atom stereocenters. The molecule has 3 nitrogen and oxygen atoms in total. The van der Waals surface area contributed by atoms with Crippen molar-refractivity contribution in [1.82, 2.24) is 5.32 Å². The molecule has 8 heteroatoms. The zero-order valence-corrected chi connectivity index (χ0v) is 16.5. The molecule has 0 aliphatic carbocycles. The summed E-state index contributed by atoms with van der Waals surface area (Å²) in [5.41, 5.74) is 0. The highest BCUT2D eigenvalue weighted by atomic mass is 19.4. The van der Waals surface area contributed by atoms with Crippen molar-refractivity contribution in [1.29, 1.82) is 0 Å². The first-order chi connectivity index (χ1) is 13.7. The molecule has 0 spiro atoms. The van der Waals surface area contributed by atoms with E-state index in [4.69, 9.17) is 4.74 Å². The van der Waals surface area contributed by atoms with Crippen LogP contribution in [0.15, 0.2) is 24.3 Å². The zero-order chi connectivity index (χ0) is 21.6. The van der Waals surface area contributed by atoms with Gasteiger partial charge in [-0.3, -0.25) is 4.79 Å². The number of benzene rings is 1. The molecule has 0 saturated heterocycles. The minimum absolute atomic E-state index is 0.173. The fourth-order valence-corrected chi connectivity index (χ4v) is 2.70. The summed E-state index contributed by atoms with van der Waals surface area (Å²) >= 11 is 0. The number of carbonyl (C=O) groups is 1. The quantitative estimate of drug-likeness (QED) is 0.275. The molecule has 1 amide bonds. The molecule has 1 aromatic carbocycles. The van der Waals surface area contributed by atoms with Gasteiger partial charge >= 0.3 is 12.1 Å². The molecule has 1 rings (SSSR count). The van der Waals surface area contributed by atoms with Crippen LogP contribution in [0.2, 0.25) is 0 Å². The Hall–Kier alpha value is -1.86. The maximum atomic E-state index is 12.7. The van der Waals surface area contributed by atoms with Crippen LogP contribution < -0.4 is 10.1 Å². The van der Waals surface area contributed by atoms with Gasteiger partial charge in [0.1, 0.15) is 5.75 Å². The van der Waals surface area contributed by atoms with Crippen LogP contribution in [0.4, 0.5) is 22.0 Å². The Morgan fingerprint density at radius 2 is 1.48 bits per heavy atom. The van der Waals surface area contributed by atoms with E-state index in [-0.39, 0.29) is 18.9 Å². The predicted molar refractivity (Wildman–Crippen MR) is 101 cm³/mol. The van der Waals surface area contributed by atoms with E-state index in [2.05, 4.69) is 11.4 Å². The summed E-state index contributed by atoms with van der Waals surface area (Å²) < 4.78 is 67.0. The summed E-state index contributed by atoms with van der Waals surface area (Å²) in [5, 5.41) is 2.39. The fraction of sp³-hybridized carbons (Fsp3) is 0.667. The summed E-state index contributed by atoms with van der Waals surface area (Å²) in [6.07, 6.45) is -0.231. The van der Waals surface area contributed by atoms with E-state index in [0.717, 1.165) is 44.3 Å². The number of nitrogens with one attached hydrogen (secondary N) is 1. The summed E-state index contributed by atoms with van der Waals surface area (Å²) in [4.78, 5) is 11.6. The summed E-state index contributed by atoms with van der Waals surface area (Å²) in [6.45, 7) is 0.507. The smallest absolute Gasteiger partial charge is 0.453 e. The molecule has 1 N–H and O–H groups in total. The largest absolute Gasteiger partial charge is 0.494 e. The Morgan fingerprint density at radius 1 is 0.897 bits per heavy atom. The standard InChI is InChI=1S/C21H29F5NO2/c22-20(23,21(24,25)26)15-11-16-27-19(28)14-9-4-2-1-3-5-10-17-29-18-12-7-6-8-13-18/h7-8,12-13H,1-5,9-11,14-17H2,(H,27,28). The van der Waals surface area contributed by atoms with E-state index in [0.29, 0.717) is 13.0 Å². The molecule has 0 aliphatic rings. The molecule has 1 aromatic rings. The van der Waals surface area contributed by atoms with Crippen molar-refractivity contribution in [3.63, 3.8) is 0 Å². The molecule has 0 aromatic heterocycles. The van der Waals surface area contributed by atoms with Crippen molar-refractivity contribution >= 4 is 5.91 Å². The molecule has 0 bridgehead atoms. The molecule has 0 fully saturated rings. The van der Waals surface area contributed by atoms with Crippen LogP contribution in [0.25, 0.3) is 0 Å². The molecule has 29 heavy (non-hydrogen) atoms. The van der Waals surface area contributed by atoms with Gasteiger partial charge < -0.3 is 10.1 Å². The number of alkyl halides is 5. The molecule has 0 atom stereocenters. The Labute approximate surface area is 169 Å². The van der Waals surface area contributed by atoms with Gasteiger partial charge in [-0.05, 0) is 37.5 Å². The van der Waals surface area contributed by atoms with E-state index in [9.17, 15) is 26.7 Å². The fourth-order valence-electron chi connectivity index (χ4n) is 2.70. The number of carbonyl (C=O) groups excluding carboxylic acids is 1. The topological polar surface area (TPSA) is 38.3 Å². The zero-order valence-electron chi connectivity index (χ0n) is 16.5. The second kappa shape index (κ2) is 13.4. The van der Waals surface area contributed by atoms with E-state index in [1.165, 1.54) is 0 Å². The van der Waals surface area contributed by atoms with Gasteiger partial charge in [0.15, 0.2) is 0 Å². The van der Waals surface area contributed by atoms with E-state index >= 15 is 0 Å². The SMILES string of the molecule is O=C(CCCCCCCCCOc1cc[c]cc1)NCCCC(F)(F)C(F)(F)F. The highest BCUT2D eigenvalue weighted by Gasteiger charge is 2.56. The summed E-state index contributed by atoms with van der Waals surface area (Å²) in [6, 6.07) is 10.3. The van der Waals surface area contributed by atoms with Crippen molar-refractivity contribution in [2.24, 2.45) is 0 Å². The lowest BCUT2D eigenvalue weighted by atomic mass is 10.1. The third kappa shape index (κ3) is 11.7. The first-order valence-electron chi connectivity index (χ1n) is 10.0. The number of unbranched alkanes of at least 4 members (excludes halogenated alkanes) is 6. The van der Waals surface area contributed by atoms with Crippen LogP contribution in [0.5, 0.6) is 5.75 Å². The van der Waals surface area contributed by atoms with E-state index in [1.807, 2.05) is 24.3 Å². The summed E-state index contributed by atoms with van der Waals surface area (Å²) in [7, 11) is 0. The number of rotatable bonds is 15. The van der Waals surface area contributed by atoms with Crippen molar-refractivity contribution in [3.8, 4) is 5.75 Å². The Kier molecular flexibility index (Phi) is 11.6. The van der Waals surface area contributed by atoms with Crippen LogP contribution in [0.1, 0.15) is 64.2 Å². The van der Waals surface area contributed by atoms with Crippen LogP contribution in [0.3, 0.4) is 0 Å². The molecular weight excluding hydrogens is 393 g/mol. The minimum atomic E-state index is -5.54. The van der Waals surface area contributed by atoms with Crippen molar-refractivity contribution in [3.05, 3.63) is 30.3 Å². The van der Waals surface area contributed by atoms with E-state index in [1.54, 1.807) is 0 Å². The lowest BCUT2D eigenvalue weighted by Gasteiger charge is -2.19. The number of halogens is 5. The van der Waals surface area contributed by atoms with Crippen LogP contribution >= 0.6 is 0 Å². The van der Waals surface area contributed by atoms with Crippen molar-refractivity contribution in [2.45, 2.75) is 76.3 Å². The average Bonchev–Trinajstić information content (AvgIpc) is 2.66. The highest BCUT2D eigenvalue weighted by molar-refractivity contribution is 5.75. The maximum Gasteiger partial charge on any atom is 0.453 e. The van der Waals surface area contributed by atoms with Gasteiger partial charge in [-0.15, -0.1) is 0 Å². The van der Waals surface area contributed by atoms with Gasteiger partial charge in [0.2, 0.25) is 5.91 Å². The monoisotopic (exact) mass is 422 g/mol. The molecule has 0 heterocycles. The van der Waals surface area contributed by atoms with E-state index < -0.39 is 24.9 Å². The molecular formula is C21H29F5NO2. The highest BCUT2D eigenvalue weighted by Crippen LogP contribution is 2.38. The minimum Gasteiger partial charge on any atom is -0.494 e. The lowest BCUT2D eigenvalue weighted by molar-refractivity contribution is -0.284. The third-order valence-corrected chi connectivity index (χ3v) is 4.41. The molecule has 165 valence electrons. The first kappa shape index (κ1) is 25.2. The van der Waals surface area contributed by atoms with Gasteiger partial charge in [0.25, 0.3) is 0 Å². The maximum absolute atomic E-state index is 12.7. The summed E-state index contributed by atoms with van der Waals surface area (Å²) in [5.74, 6) is -4.17. The number of hydrogen-bond acceptors (Lipinski definition) is 2. The molecule has 1 radical (unpaired) electrons. The van der Waals surface area contributed by atoms with Crippen LogP contribution in [-0.2, 0) is 4.79 Å². The van der Waals surface area contributed by atoms with Gasteiger partial charge in [-0.1, -0.05) is 44.2 Å². The number of ether oxygens (including phenoxy) is 1. The van der Waals surface area contributed by atoms with Crippen molar-refractivity contribution in [2.75, 3.05) is 13.2 Å². The van der Waals surface area contributed by atoms with Gasteiger partial charge in [-0.25, -0.2) is 0 Å². The number of hydrogen-bond donors (Lipinski definition) is 1. The van der Waals surface area contributed by atoms with Crippen molar-refractivity contribution < 1.29 is 31.5 Å². The molecule has 0 saturated carbocycles. The van der Waals surface area contributed by atoms with Gasteiger partial charge in [0.05, 0.1) is 6.61 Å². The second-order valence-corrected chi connectivity index (χ2v) is 6.96. The normalized spacial score (nSPS) is 12.0. The molecule has 0 aliphatic heterocycles. The van der Waals surface area contributed by atoms with Crippen LogP contribution in [-0.4, -0.2) is 31.2 Å². The third-order valence-electron chi connectivity index (χ3n) is 4.41. The number of amides is 1. The first-order valence-corrected chi connectivity index (χ1v) is 10.0. The lowest BCUT2D eigenvalue weighted by Crippen LogP contribution is -2.37. The average molecular weight is 422 g/mol. The van der Waals surface area contributed by atoms with Gasteiger partial charge in [0, 0.05) is 19.4 Å². The second-order valence-electron chi connectivity index (χ2n) is 6.96. The Bertz CT molecular complexity index is 564. The predicted octanol–water partition coefficient (Wildman–Crippen LogP) is 6.08.